The fourth-order valence-electron chi connectivity index (χ4n) is 1.64. The standard InChI is InChI=1S/C13H18F2N2O2.ClH/c1-8-5-4-6-10(19-13(14)15)11(8)17-12(18)9(2)7-16-3;/h4-6,9,13,16H,7H2,1-3H3,(H,17,18);1H. The van der Waals surface area contributed by atoms with E-state index in [-0.39, 0.29) is 35.7 Å². The zero-order chi connectivity index (χ0) is 14.4. The van der Waals surface area contributed by atoms with E-state index in [1.165, 1.54) is 6.07 Å². The van der Waals surface area contributed by atoms with Gasteiger partial charge in [-0.25, -0.2) is 0 Å². The molecule has 0 aromatic heterocycles. The minimum absolute atomic E-state index is 0. The topological polar surface area (TPSA) is 50.4 Å². The first-order valence-corrected chi connectivity index (χ1v) is 5.95. The molecule has 0 aliphatic rings. The van der Waals surface area contributed by atoms with Gasteiger partial charge < -0.3 is 15.4 Å². The quantitative estimate of drug-likeness (QED) is 0.849. The Morgan fingerprint density at radius 1 is 1.40 bits per heavy atom. The predicted octanol–water partition coefficient (Wildman–Crippen LogP) is 2.81. The van der Waals surface area contributed by atoms with E-state index >= 15 is 0 Å². The van der Waals surface area contributed by atoms with Gasteiger partial charge in [-0.1, -0.05) is 19.1 Å². The van der Waals surface area contributed by atoms with E-state index in [4.69, 9.17) is 0 Å². The van der Waals surface area contributed by atoms with Crippen molar-refractivity contribution in [3.63, 3.8) is 0 Å². The molecule has 0 aliphatic carbocycles. The molecule has 114 valence electrons. The SMILES string of the molecule is CNCC(C)C(=O)Nc1c(C)cccc1OC(F)F.Cl. The molecule has 1 aromatic rings. The molecule has 0 aliphatic heterocycles. The van der Waals surface area contributed by atoms with Crippen molar-refractivity contribution in [1.82, 2.24) is 5.32 Å². The van der Waals surface area contributed by atoms with Gasteiger partial charge in [0.2, 0.25) is 5.91 Å². The molecule has 0 saturated carbocycles. The Balaban J connectivity index is 0.00000361. The van der Waals surface area contributed by atoms with Crippen molar-refractivity contribution < 1.29 is 18.3 Å². The number of carbonyl (C=O) groups is 1. The third-order valence-electron chi connectivity index (χ3n) is 2.66. The first-order valence-electron chi connectivity index (χ1n) is 5.95. The number of rotatable bonds is 6. The van der Waals surface area contributed by atoms with Gasteiger partial charge in [0.05, 0.1) is 5.69 Å². The summed E-state index contributed by atoms with van der Waals surface area (Å²) >= 11 is 0. The van der Waals surface area contributed by atoms with Crippen molar-refractivity contribution >= 4 is 24.0 Å². The summed E-state index contributed by atoms with van der Waals surface area (Å²) in [5, 5.41) is 5.51. The van der Waals surface area contributed by atoms with Crippen molar-refractivity contribution in [1.29, 1.82) is 0 Å². The van der Waals surface area contributed by atoms with Crippen molar-refractivity contribution in [2.24, 2.45) is 5.92 Å². The molecule has 1 amide bonds. The maximum Gasteiger partial charge on any atom is 0.387 e. The summed E-state index contributed by atoms with van der Waals surface area (Å²) in [4.78, 5) is 11.9. The van der Waals surface area contributed by atoms with Gasteiger partial charge in [0.1, 0.15) is 5.75 Å². The van der Waals surface area contributed by atoms with Gasteiger partial charge in [-0.2, -0.15) is 8.78 Å². The van der Waals surface area contributed by atoms with Crippen molar-refractivity contribution in [2.45, 2.75) is 20.5 Å². The van der Waals surface area contributed by atoms with Crippen molar-refractivity contribution in [3.8, 4) is 5.75 Å². The van der Waals surface area contributed by atoms with Crippen LogP contribution in [0.3, 0.4) is 0 Å². The number of hydrogen-bond donors (Lipinski definition) is 2. The summed E-state index contributed by atoms with van der Waals surface area (Å²) in [6.45, 7) is 1.05. The molecule has 7 heteroatoms. The molecule has 1 unspecified atom stereocenters. The summed E-state index contributed by atoms with van der Waals surface area (Å²) in [5.41, 5.74) is 0.957. The molecule has 4 nitrogen and oxygen atoms in total. The number of carbonyl (C=O) groups excluding carboxylic acids is 1. The molecule has 0 spiro atoms. The smallest absolute Gasteiger partial charge is 0.387 e. The van der Waals surface area contributed by atoms with E-state index in [1.54, 1.807) is 33.0 Å². The Labute approximate surface area is 123 Å². The Hall–Kier alpha value is -1.40. The van der Waals surface area contributed by atoms with E-state index in [2.05, 4.69) is 15.4 Å². The van der Waals surface area contributed by atoms with Crippen LogP contribution in [0.5, 0.6) is 5.75 Å². The van der Waals surface area contributed by atoms with Crippen LogP contribution in [-0.2, 0) is 4.79 Å². The number of anilines is 1. The van der Waals surface area contributed by atoms with E-state index in [1.807, 2.05) is 0 Å². The van der Waals surface area contributed by atoms with Crippen LogP contribution < -0.4 is 15.4 Å². The number of hydrogen-bond acceptors (Lipinski definition) is 3. The largest absolute Gasteiger partial charge is 0.433 e. The summed E-state index contributed by atoms with van der Waals surface area (Å²) in [5.74, 6) is -0.549. The number of amides is 1. The van der Waals surface area contributed by atoms with Gasteiger partial charge in [0.25, 0.3) is 0 Å². The van der Waals surface area contributed by atoms with Crippen LogP contribution in [0.2, 0.25) is 0 Å². The minimum Gasteiger partial charge on any atom is -0.433 e. The molecular formula is C13H19ClF2N2O2. The lowest BCUT2D eigenvalue weighted by Crippen LogP contribution is -2.29. The van der Waals surface area contributed by atoms with Crippen LogP contribution in [-0.4, -0.2) is 26.1 Å². The third-order valence-corrected chi connectivity index (χ3v) is 2.66. The molecule has 1 aromatic carbocycles. The lowest BCUT2D eigenvalue weighted by molar-refractivity contribution is -0.119. The van der Waals surface area contributed by atoms with Gasteiger partial charge >= 0.3 is 6.61 Å². The second kappa shape index (κ2) is 8.71. The Morgan fingerprint density at radius 2 is 2.05 bits per heavy atom. The van der Waals surface area contributed by atoms with Gasteiger partial charge in [-0.3, -0.25) is 4.79 Å². The summed E-state index contributed by atoms with van der Waals surface area (Å²) < 4.78 is 29.0. The van der Waals surface area contributed by atoms with E-state index < -0.39 is 6.61 Å². The fourth-order valence-corrected chi connectivity index (χ4v) is 1.64. The van der Waals surface area contributed by atoms with Crippen molar-refractivity contribution in [2.75, 3.05) is 18.9 Å². The highest BCUT2D eigenvalue weighted by Gasteiger charge is 2.17. The van der Waals surface area contributed by atoms with Gasteiger partial charge in [0.15, 0.2) is 0 Å². The number of aryl methyl sites for hydroxylation is 1. The van der Waals surface area contributed by atoms with Gasteiger partial charge in [0, 0.05) is 12.5 Å². The van der Waals surface area contributed by atoms with Crippen LogP contribution in [0.4, 0.5) is 14.5 Å². The Bertz CT molecular complexity index is 444. The number of ether oxygens (including phenoxy) is 1. The van der Waals surface area contributed by atoms with E-state index in [0.717, 1.165) is 0 Å². The van der Waals surface area contributed by atoms with Crippen LogP contribution >= 0.6 is 12.4 Å². The summed E-state index contributed by atoms with van der Waals surface area (Å²) in [7, 11) is 1.74. The fraction of sp³-hybridized carbons (Fsp3) is 0.462. The summed E-state index contributed by atoms with van der Waals surface area (Å²) in [6, 6.07) is 4.72. The molecule has 1 atom stereocenters. The number of halogens is 3. The van der Waals surface area contributed by atoms with Crippen molar-refractivity contribution in [3.05, 3.63) is 23.8 Å². The first kappa shape index (κ1) is 18.6. The maximum atomic E-state index is 12.3. The molecule has 20 heavy (non-hydrogen) atoms. The zero-order valence-corrected chi connectivity index (χ0v) is 12.4. The second-order valence-electron chi connectivity index (χ2n) is 4.27. The van der Waals surface area contributed by atoms with Crippen LogP contribution in [0.25, 0.3) is 0 Å². The van der Waals surface area contributed by atoms with E-state index in [0.29, 0.717) is 12.1 Å². The minimum atomic E-state index is -2.92. The maximum absolute atomic E-state index is 12.3. The monoisotopic (exact) mass is 308 g/mol. The number of nitrogens with one attached hydrogen (secondary N) is 2. The third kappa shape index (κ3) is 5.30. The van der Waals surface area contributed by atoms with E-state index in [9.17, 15) is 13.6 Å². The normalized spacial score (nSPS) is 11.7. The molecular weight excluding hydrogens is 290 g/mol. The lowest BCUT2D eigenvalue weighted by Gasteiger charge is -2.16. The highest BCUT2D eigenvalue weighted by atomic mass is 35.5. The predicted molar refractivity (Wildman–Crippen MR) is 76.8 cm³/mol. The van der Waals surface area contributed by atoms with Crippen LogP contribution in [0, 0.1) is 12.8 Å². The molecule has 0 saturated heterocycles. The highest BCUT2D eigenvalue weighted by molar-refractivity contribution is 5.94. The van der Waals surface area contributed by atoms with Crippen LogP contribution in [0.15, 0.2) is 18.2 Å². The van der Waals surface area contributed by atoms with Gasteiger partial charge in [-0.15, -0.1) is 12.4 Å². The summed E-state index contributed by atoms with van der Waals surface area (Å²) in [6.07, 6.45) is 0. The Kier molecular flexibility index (Phi) is 8.10. The number of para-hydroxylation sites is 1. The molecule has 2 N–H and O–H groups in total. The lowest BCUT2D eigenvalue weighted by atomic mass is 10.1. The second-order valence-corrected chi connectivity index (χ2v) is 4.27. The molecule has 0 bridgehead atoms. The molecule has 0 fully saturated rings. The zero-order valence-electron chi connectivity index (χ0n) is 11.6. The van der Waals surface area contributed by atoms with Crippen LogP contribution in [0.1, 0.15) is 12.5 Å². The number of benzene rings is 1. The molecule has 0 heterocycles. The molecule has 1 rings (SSSR count). The van der Waals surface area contributed by atoms with Gasteiger partial charge in [-0.05, 0) is 25.6 Å². The molecule has 0 radical (unpaired) electrons. The highest BCUT2D eigenvalue weighted by Crippen LogP contribution is 2.29. The first-order chi connectivity index (χ1) is 8.95. The Morgan fingerprint density at radius 3 is 2.60 bits per heavy atom. The average molecular weight is 309 g/mol. The number of alkyl halides is 2. The average Bonchev–Trinajstić information content (AvgIpc) is 2.33.